The molecule has 0 saturated carbocycles. The van der Waals surface area contributed by atoms with Gasteiger partial charge in [0.1, 0.15) is 12.1 Å². The molecule has 0 radical (unpaired) electrons. The van der Waals surface area contributed by atoms with Crippen molar-refractivity contribution in [2.45, 2.75) is 13.5 Å². The molecule has 6 heteroatoms. The molecule has 2 rings (SSSR count). The first kappa shape index (κ1) is 14.6. The molecular formula is C15H18N6. The fraction of sp³-hybridized carbons (Fsp3) is 0.267. The summed E-state index contributed by atoms with van der Waals surface area (Å²) < 4.78 is 1.87. The number of rotatable bonds is 5. The first-order valence-corrected chi connectivity index (χ1v) is 6.73. The molecule has 0 unspecified atom stereocenters. The minimum Gasteiger partial charge on any atom is -0.357 e. The number of pyridine rings is 1. The molecule has 2 heterocycles. The number of hydrogen-bond donors (Lipinski definition) is 2. The SMILES string of the molecule is C#CCNC(=NCc1cccnc1-n1ccnc1)NCC. The minimum absolute atomic E-state index is 0.438. The highest BCUT2D eigenvalue weighted by atomic mass is 15.2. The van der Waals surface area contributed by atoms with E-state index in [1.54, 1.807) is 18.7 Å². The van der Waals surface area contributed by atoms with E-state index in [0.717, 1.165) is 17.9 Å². The Bertz CT molecular complexity index is 624. The predicted molar refractivity (Wildman–Crippen MR) is 83.0 cm³/mol. The van der Waals surface area contributed by atoms with E-state index in [1.165, 1.54) is 0 Å². The molecule has 2 aromatic heterocycles. The molecule has 0 saturated heterocycles. The lowest BCUT2D eigenvalue weighted by Gasteiger charge is -2.10. The highest BCUT2D eigenvalue weighted by molar-refractivity contribution is 5.80. The zero-order chi connectivity index (χ0) is 14.9. The monoisotopic (exact) mass is 282 g/mol. The molecule has 0 bridgehead atoms. The number of nitrogens with zero attached hydrogens (tertiary/aromatic N) is 4. The third-order valence-corrected chi connectivity index (χ3v) is 2.73. The normalized spacial score (nSPS) is 11.0. The van der Waals surface area contributed by atoms with Gasteiger partial charge in [0.05, 0.1) is 13.1 Å². The maximum absolute atomic E-state index is 5.25. The Hall–Kier alpha value is -2.81. The Morgan fingerprint density at radius 2 is 2.33 bits per heavy atom. The molecule has 0 amide bonds. The molecule has 0 aliphatic heterocycles. The molecule has 0 aromatic carbocycles. The van der Waals surface area contributed by atoms with E-state index in [1.807, 2.05) is 29.8 Å². The molecule has 0 aliphatic rings. The van der Waals surface area contributed by atoms with Gasteiger partial charge in [0.15, 0.2) is 5.96 Å². The van der Waals surface area contributed by atoms with Crippen molar-refractivity contribution >= 4 is 5.96 Å². The van der Waals surface area contributed by atoms with Crippen molar-refractivity contribution in [1.29, 1.82) is 0 Å². The molecule has 108 valence electrons. The average Bonchev–Trinajstić information content (AvgIpc) is 3.04. The van der Waals surface area contributed by atoms with E-state index >= 15 is 0 Å². The fourth-order valence-corrected chi connectivity index (χ4v) is 1.81. The second-order valence-corrected chi connectivity index (χ2v) is 4.21. The van der Waals surface area contributed by atoms with Crippen LogP contribution in [-0.2, 0) is 6.54 Å². The summed E-state index contributed by atoms with van der Waals surface area (Å²) in [4.78, 5) is 12.9. The van der Waals surface area contributed by atoms with E-state index in [2.05, 4.69) is 31.5 Å². The topological polar surface area (TPSA) is 67.1 Å². The molecule has 2 aromatic rings. The van der Waals surface area contributed by atoms with Crippen LogP contribution in [0.25, 0.3) is 5.82 Å². The Kier molecular flexibility index (Phi) is 5.35. The fourth-order valence-electron chi connectivity index (χ4n) is 1.81. The van der Waals surface area contributed by atoms with Gasteiger partial charge in [0.2, 0.25) is 0 Å². The van der Waals surface area contributed by atoms with Crippen LogP contribution >= 0.6 is 0 Å². The summed E-state index contributed by atoms with van der Waals surface area (Å²) in [5.41, 5.74) is 1.01. The van der Waals surface area contributed by atoms with Crippen molar-refractivity contribution in [2.75, 3.05) is 13.1 Å². The molecule has 2 N–H and O–H groups in total. The van der Waals surface area contributed by atoms with E-state index in [0.29, 0.717) is 19.0 Å². The predicted octanol–water partition coefficient (Wildman–Crippen LogP) is 0.956. The number of aliphatic imine (C=N–C) groups is 1. The van der Waals surface area contributed by atoms with Gasteiger partial charge in [-0.05, 0) is 13.0 Å². The Balaban J connectivity index is 2.17. The van der Waals surface area contributed by atoms with Crippen LogP contribution in [0.3, 0.4) is 0 Å². The quantitative estimate of drug-likeness (QED) is 0.487. The summed E-state index contributed by atoms with van der Waals surface area (Å²) in [5.74, 6) is 4.05. The molecule has 0 spiro atoms. The minimum atomic E-state index is 0.438. The van der Waals surface area contributed by atoms with Crippen LogP contribution in [-0.4, -0.2) is 33.6 Å². The van der Waals surface area contributed by atoms with Crippen molar-refractivity contribution in [3.63, 3.8) is 0 Å². The third-order valence-electron chi connectivity index (χ3n) is 2.73. The highest BCUT2D eigenvalue weighted by Gasteiger charge is 2.05. The lowest BCUT2D eigenvalue weighted by atomic mass is 10.2. The Labute approximate surface area is 124 Å². The second-order valence-electron chi connectivity index (χ2n) is 4.21. The van der Waals surface area contributed by atoms with Crippen LogP contribution in [0.5, 0.6) is 0 Å². The summed E-state index contributed by atoms with van der Waals surface area (Å²) in [6.07, 6.45) is 12.3. The second kappa shape index (κ2) is 7.70. The summed E-state index contributed by atoms with van der Waals surface area (Å²) in [6.45, 7) is 3.72. The van der Waals surface area contributed by atoms with Gasteiger partial charge in [-0.2, -0.15) is 0 Å². The van der Waals surface area contributed by atoms with Crippen LogP contribution in [0.15, 0.2) is 42.0 Å². The van der Waals surface area contributed by atoms with Crippen molar-refractivity contribution in [3.05, 3.63) is 42.6 Å². The van der Waals surface area contributed by atoms with Gasteiger partial charge in [0, 0.05) is 30.7 Å². The number of nitrogens with one attached hydrogen (secondary N) is 2. The number of guanidine groups is 1. The maximum atomic E-state index is 5.25. The summed E-state index contributed by atoms with van der Waals surface area (Å²) in [6, 6.07) is 3.89. The maximum Gasteiger partial charge on any atom is 0.192 e. The molecule has 0 atom stereocenters. The van der Waals surface area contributed by atoms with Crippen LogP contribution in [0.1, 0.15) is 12.5 Å². The van der Waals surface area contributed by atoms with Crippen molar-refractivity contribution in [1.82, 2.24) is 25.2 Å². The van der Waals surface area contributed by atoms with Gasteiger partial charge >= 0.3 is 0 Å². The van der Waals surface area contributed by atoms with Gasteiger partial charge in [0.25, 0.3) is 0 Å². The summed E-state index contributed by atoms with van der Waals surface area (Å²) in [7, 11) is 0. The van der Waals surface area contributed by atoms with Crippen molar-refractivity contribution < 1.29 is 0 Å². The number of imidazole rings is 1. The number of terminal acetylenes is 1. The van der Waals surface area contributed by atoms with E-state index < -0.39 is 0 Å². The standard InChI is InChI=1S/C15H18N6/c1-3-7-19-15(17-4-2)20-11-13-6-5-8-18-14(13)21-10-9-16-12-21/h1,5-6,8-10,12H,4,7,11H2,2H3,(H2,17,19,20). The largest absolute Gasteiger partial charge is 0.357 e. The third kappa shape index (κ3) is 4.08. The summed E-state index contributed by atoms with van der Waals surface area (Å²) in [5, 5.41) is 6.20. The Morgan fingerprint density at radius 3 is 3.05 bits per heavy atom. The van der Waals surface area contributed by atoms with Gasteiger partial charge in [-0.3, -0.25) is 4.57 Å². The van der Waals surface area contributed by atoms with Gasteiger partial charge in [-0.25, -0.2) is 15.0 Å². The number of hydrogen-bond acceptors (Lipinski definition) is 3. The number of aromatic nitrogens is 3. The zero-order valence-corrected chi connectivity index (χ0v) is 12.0. The zero-order valence-electron chi connectivity index (χ0n) is 12.0. The molecule has 21 heavy (non-hydrogen) atoms. The average molecular weight is 282 g/mol. The van der Waals surface area contributed by atoms with Gasteiger partial charge in [-0.15, -0.1) is 6.42 Å². The van der Waals surface area contributed by atoms with Crippen molar-refractivity contribution in [2.24, 2.45) is 4.99 Å². The van der Waals surface area contributed by atoms with Gasteiger partial charge in [-0.1, -0.05) is 12.0 Å². The van der Waals surface area contributed by atoms with Crippen LogP contribution in [0.4, 0.5) is 0 Å². The van der Waals surface area contributed by atoms with E-state index in [4.69, 9.17) is 6.42 Å². The van der Waals surface area contributed by atoms with E-state index in [9.17, 15) is 0 Å². The van der Waals surface area contributed by atoms with Gasteiger partial charge < -0.3 is 10.6 Å². The highest BCUT2D eigenvalue weighted by Crippen LogP contribution is 2.11. The molecular weight excluding hydrogens is 264 g/mol. The van der Waals surface area contributed by atoms with Crippen LogP contribution < -0.4 is 10.6 Å². The van der Waals surface area contributed by atoms with E-state index in [-0.39, 0.29) is 0 Å². The van der Waals surface area contributed by atoms with Crippen LogP contribution in [0.2, 0.25) is 0 Å². The summed E-state index contributed by atoms with van der Waals surface area (Å²) >= 11 is 0. The van der Waals surface area contributed by atoms with Crippen molar-refractivity contribution in [3.8, 4) is 18.2 Å². The lowest BCUT2D eigenvalue weighted by molar-refractivity contribution is 0.857. The van der Waals surface area contributed by atoms with Crippen LogP contribution in [0, 0.1) is 12.3 Å². The molecule has 0 fully saturated rings. The molecule has 0 aliphatic carbocycles. The Morgan fingerprint density at radius 1 is 1.43 bits per heavy atom. The molecule has 6 nitrogen and oxygen atoms in total. The smallest absolute Gasteiger partial charge is 0.192 e. The first-order valence-electron chi connectivity index (χ1n) is 6.73. The first-order chi connectivity index (χ1) is 10.3. The lowest BCUT2D eigenvalue weighted by Crippen LogP contribution is -2.37.